The van der Waals surface area contributed by atoms with Crippen molar-refractivity contribution in [3.63, 3.8) is 0 Å². The molecule has 0 spiro atoms. The van der Waals surface area contributed by atoms with Crippen LogP contribution >= 0.6 is 0 Å². The number of carbonyl (C=O) groups is 1. The van der Waals surface area contributed by atoms with E-state index in [1.54, 1.807) is 17.9 Å². The summed E-state index contributed by atoms with van der Waals surface area (Å²) in [6, 6.07) is 9.79. The van der Waals surface area contributed by atoms with Crippen molar-refractivity contribution in [1.82, 2.24) is 15.1 Å². The van der Waals surface area contributed by atoms with Gasteiger partial charge in [-0.15, -0.1) is 0 Å². The van der Waals surface area contributed by atoms with Crippen LogP contribution in [0.3, 0.4) is 0 Å². The van der Waals surface area contributed by atoms with Gasteiger partial charge in [-0.25, -0.2) is 4.68 Å². The molecule has 0 unspecified atom stereocenters. The molecule has 2 heterocycles. The first-order valence-corrected chi connectivity index (χ1v) is 8.34. The zero-order valence-electron chi connectivity index (χ0n) is 13.7. The number of rotatable bonds is 5. The lowest BCUT2D eigenvalue weighted by Gasteiger charge is -2.43. The molecular formula is C18H21N3O3. The summed E-state index contributed by atoms with van der Waals surface area (Å²) in [5.41, 5.74) is 1.55. The van der Waals surface area contributed by atoms with Gasteiger partial charge in [-0.3, -0.25) is 4.79 Å². The molecule has 126 valence electrons. The number of amides is 1. The summed E-state index contributed by atoms with van der Waals surface area (Å²) in [6.07, 6.45) is 3.27. The van der Waals surface area contributed by atoms with Crippen molar-refractivity contribution in [3.8, 4) is 11.6 Å². The Morgan fingerprint density at radius 1 is 1.42 bits per heavy atom. The summed E-state index contributed by atoms with van der Waals surface area (Å²) in [6.45, 7) is 1.92. The summed E-state index contributed by atoms with van der Waals surface area (Å²) in [5, 5.41) is 7.35. The molecule has 2 aliphatic rings. The predicted molar refractivity (Wildman–Crippen MR) is 88.6 cm³/mol. The maximum atomic E-state index is 12.4. The van der Waals surface area contributed by atoms with E-state index in [9.17, 15) is 4.79 Å². The van der Waals surface area contributed by atoms with Gasteiger partial charge in [0.05, 0.1) is 13.7 Å². The summed E-state index contributed by atoms with van der Waals surface area (Å²) in [5.74, 6) is 1.41. The molecule has 6 heteroatoms. The molecule has 4 rings (SSSR count). The lowest BCUT2D eigenvalue weighted by molar-refractivity contribution is 0.0920. The van der Waals surface area contributed by atoms with E-state index in [0.717, 1.165) is 18.6 Å². The van der Waals surface area contributed by atoms with Gasteiger partial charge >= 0.3 is 0 Å². The normalized spacial score (nSPS) is 17.5. The van der Waals surface area contributed by atoms with Crippen molar-refractivity contribution in [2.24, 2.45) is 0 Å². The Morgan fingerprint density at radius 2 is 2.25 bits per heavy atom. The second-order valence-corrected chi connectivity index (χ2v) is 6.46. The van der Waals surface area contributed by atoms with Gasteiger partial charge < -0.3 is 14.8 Å². The molecule has 1 fully saturated rings. The molecule has 1 amide bonds. The highest BCUT2D eigenvalue weighted by Gasteiger charge is 2.41. The zero-order chi connectivity index (χ0) is 16.6. The fraction of sp³-hybridized carbons (Fsp3) is 0.444. The van der Waals surface area contributed by atoms with Crippen LogP contribution in [0.1, 0.15) is 35.3 Å². The molecule has 1 aromatic carbocycles. The third kappa shape index (κ3) is 2.42. The van der Waals surface area contributed by atoms with Crippen LogP contribution in [0.25, 0.3) is 0 Å². The largest absolute Gasteiger partial charge is 0.496 e. The molecule has 0 saturated heterocycles. The minimum atomic E-state index is -0.151. The van der Waals surface area contributed by atoms with E-state index in [0.29, 0.717) is 31.3 Å². The maximum absolute atomic E-state index is 12.4. The number of para-hydroxylation sites is 1. The second-order valence-electron chi connectivity index (χ2n) is 6.46. The first-order chi connectivity index (χ1) is 11.7. The maximum Gasteiger partial charge on any atom is 0.271 e. The van der Waals surface area contributed by atoms with Crippen LogP contribution in [-0.4, -0.2) is 35.9 Å². The topological polar surface area (TPSA) is 65.4 Å². The number of nitrogens with one attached hydrogen (secondary N) is 1. The molecule has 0 atom stereocenters. The average molecular weight is 327 g/mol. The predicted octanol–water partition coefficient (Wildman–Crippen LogP) is 2.14. The Labute approximate surface area is 140 Å². The number of ether oxygens (including phenoxy) is 2. The Bertz CT molecular complexity index is 743. The minimum absolute atomic E-state index is 0.0404. The van der Waals surface area contributed by atoms with Crippen LogP contribution in [0, 0.1) is 0 Å². The van der Waals surface area contributed by atoms with Gasteiger partial charge in [0.2, 0.25) is 5.88 Å². The summed E-state index contributed by atoms with van der Waals surface area (Å²) in [4.78, 5) is 12.4. The fourth-order valence-electron chi connectivity index (χ4n) is 3.59. The van der Waals surface area contributed by atoms with Gasteiger partial charge in [-0.2, -0.15) is 5.10 Å². The van der Waals surface area contributed by atoms with E-state index in [1.807, 2.05) is 18.2 Å². The lowest BCUT2D eigenvalue weighted by atomic mass is 9.64. The SMILES string of the molecule is COc1ccccc1C1(CNC(=O)c2cc3n(n2)CCO3)CCC1. The van der Waals surface area contributed by atoms with Gasteiger partial charge in [0, 0.05) is 23.6 Å². The number of aromatic nitrogens is 2. The number of benzene rings is 1. The molecular weight excluding hydrogens is 306 g/mol. The highest BCUT2D eigenvalue weighted by molar-refractivity contribution is 5.92. The van der Waals surface area contributed by atoms with Crippen LogP contribution in [0.4, 0.5) is 0 Å². The first-order valence-electron chi connectivity index (χ1n) is 8.34. The number of fused-ring (bicyclic) bond motifs is 1. The van der Waals surface area contributed by atoms with Crippen LogP contribution in [0.2, 0.25) is 0 Å². The van der Waals surface area contributed by atoms with E-state index < -0.39 is 0 Å². The van der Waals surface area contributed by atoms with Gasteiger partial charge in [0.15, 0.2) is 5.69 Å². The quantitative estimate of drug-likeness (QED) is 0.914. The molecule has 2 aromatic rings. The van der Waals surface area contributed by atoms with E-state index >= 15 is 0 Å². The standard InChI is InChI=1S/C18H21N3O3/c1-23-15-6-3-2-5-13(15)18(7-4-8-18)12-19-17(22)14-11-16-21(20-14)9-10-24-16/h2-3,5-6,11H,4,7-10,12H2,1H3,(H,19,22). The Hall–Kier alpha value is -2.50. The molecule has 6 nitrogen and oxygen atoms in total. The van der Waals surface area contributed by atoms with Crippen LogP contribution in [-0.2, 0) is 12.0 Å². The fourth-order valence-corrected chi connectivity index (χ4v) is 3.59. The first kappa shape index (κ1) is 15.1. The molecule has 1 N–H and O–H groups in total. The Balaban J connectivity index is 1.49. The monoisotopic (exact) mass is 327 g/mol. The van der Waals surface area contributed by atoms with E-state index in [-0.39, 0.29) is 11.3 Å². The summed E-state index contributed by atoms with van der Waals surface area (Å²) < 4.78 is 12.7. The zero-order valence-corrected chi connectivity index (χ0v) is 13.7. The van der Waals surface area contributed by atoms with E-state index in [2.05, 4.69) is 16.5 Å². The highest BCUT2D eigenvalue weighted by atomic mass is 16.5. The van der Waals surface area contributed by atoms with Crippen molar-refractivity contribution in [2.45, 2.75) is 31.2 Å². The van der Waals surface area contributed by atoms with E-state index in [4.69, 9.17) is 9.47 Å². The van der Waals surface area contributed by atoms with Crippen LogP contribution in [0.15, 0.2) is 30.3 Å². The third-order valence-corrected chi connectivity index (χ3v) is 5.11. The number of nitrogens with zero attached hydrogens (tertiary/aromatic N) is 2. The van der Waals surface area contributed by atoms with Crippen molar-refractivity contribution >= 4 is 5.91 Å². The number of hydrogen-bond acceptors (Lipinski definition) is 4. The summed E-state index contributed by atoms with van der Waals surface area (Å²) >= 11 is 0. The average Bonchev–Trinajstić information content (AvgIpc) is 3.15. The molecule has 24 heavy (non-hydrogen) atoms. The third-order valence-electron chi connectivity index (χ3n) is 5.11. The molecule has 0 bridgehead atoms. The number of hydrogen-bond donors (Lipinski definition) is 1. The number of carbonyl (C=O) groups excluding carboxylic acids is 1. The number of methoxy groups -OCH3 is 1. The van der Waals surface area contributed by atoms with Gasteiger partial charge in [0.1, 0.15) is 12.4 Å². The van der Waals surface area contributed by atoms with Crippen LogP contribution in [0.5, 0.6) is 11.6 Å². The van der Waals surface area contributed by atoms with Crippen molar-refractivity contribution in [1.29, 1.82) is 0 Å². The van der Waals surface area contributed by atoms with Crippen molar-refractivity contribution < 1.29 is 14.3 Å². The Kier molecular flexibility index (Phi) is 3.67. The highest BCUT2D eigenvalue weighted by Crippen LogP contribution is 2.46. The Morgan fingerprint density at radius 3 is 2.96 bits per heavy atom. The second kappa shape index (κ2) is 5.85. The molecule has 1 aliphatic heterocycles. The van der Waals surface area contributed by atoms with E-state index in [1.165, 1.54) is 12.0 Å². The molecule has 1 aromatic heterocycles. The lowest BCUT2D eigenvalue weighted by Crippen LogP contribution is -2.45. The van der Waals surface area contributed by atoms with Gasteiger partial charge in [-0.1, -0.05) is 24.6 Å². The van der Waals surface area contributed by atoms with Gasteiger partial charge in [0.25, 0.3) is 5.91 Å². The van der Waals surface area contributed by atoms with Crippen LogP contribution < -0.4 is 14.8 Å². The van der Waals surface area contributed by atoms with Crippen molar-refractivity contribution in [3.05, 3.63) is 41.6 Å². The minimum Gasteiger partial charge on any atom is -0.496 e. The molecule has 1 aliphatic carbocycles. The van der Waals surface area contributed by atoms with Crippen molar-refractivity contribution in [2.75, 3.05) is 20.3 Å². The molecule has 0 radical (unpaired) electrons. The molecule has 1 saturated carbocycles. The summed E-state index contributed by atoms with van der Waals surface area (Å²) in [7, 11) is 1.69. The van der Waals surface area contributed by atoms with Gasteiger partial charge in [-0.05, 0) is 18.9 Å². The smallest absolute Gasteiger partial charge is 0.271 e.